The summed E-state index contributed by atoms with van der Waals surface area (Å²) in [5.74, 6) is 1.90. The van der Waals surface area contributed by atoms with Gasteiger partial charge in [-0.15, -0.1) is 11.8 Å². The van der Waals surface area contributed by atoms with Gasteiger partial charge in [-0.05, 0) is 42.2 Å². The summed E-state index contributed by atoms with van der Waals surface area (Å²) in [7, 11) is 1.87. The molecule has 0 aliphatic rings. The van der Waals surface area contributed by atoms with E-state index in [9.17, 15) is 0 Å². The van der Waals surface area contributed by atoms with Crippen molar-refractivity contribution in [1.29, 1.82) is 0 Å². The highest BCUT2D eigenvalue weighted by molar-refractivity contribution is 7.98. The molecule has 0 radical (unpaired) electrons. The predicted molar refractivity (Wildman–Crippen MR) is 92.7 cm³/mol. The lowest BCUT2D eigenvalue weighted by atomic mass is 9.85. The van der Waals surface area contributed by atoms with Gasteiger partial charge in [-0.2, -0.15) is 5.10 Å². The molecule has 1 aromatic carbocycles. The van der Waals surface area contributed by atoms with E-state index in [0.29, 0.717) is 17.7 Å². The Labute approximate surface area is 131 Å². The average Bonchev–Trinajstić information content (AvgIpc) is 2.79. The van der Waals surface area contributed by atoms with Crippen LogP contribution in [0.15, 0.2) is 29.2 Å². The molecule has 0 amide bonds. The third-order valence-electron chi connectivity index (χ3n) is 4.09. The van der Waals surface area contributed by atoms with Gasteiger partial charge >= 0.3 is 0 Å². The standard InChI is InChI=1S/C17H25N3S/c1-6-13(11(2)3)14-9-12(7-8-16(14)21-5)15-10-17(18)20(4)19-15/h7-11,13H,6,18H2,1-5H3. The van der Waals surface area contributed by atoms with Gasteiger partial charge in [0, 0.05) is 23.6 Å². The molecule has 3 nitrogen and oxygen atoms in total. The van der Waals surface area contributed by atoms with Crippen LogP contribution in [0.2, 0.25) is 0 Å². The van der Waals surface area contributed by atoms with Crippen molar-refractivity contribution in [2.24, 2.45) is 13.0 Å². The molecule has 0 bridgehead atoms. The van der Waals surface area contributed by atoms with Crippen LogP contribution in [-0.4, -0.2) is 16.0 Å². The number of hydrogen-bond donors (Lipinski definition) is 1. The summed E-state index contributed by atoms with van der Waals surface area (Å²) in [5.41, 5.74) is 9.43. The van der Waals surface area contributed by atoms with Crippen LogP contribution in [0.5, 0.6) is 0 Å². The average molecular weight is 303 g/mol. The maximum atomic E-state index is 5.90. The van der Waals surface area contributed by atoms with Crippen molar-refractivity contribution in [3.8, 4) is 11.3 Å². The minimum Gasteiger partial charge on any atom is -0.384 e. The minimum atomic E-state index is 0.577. The first-order valence-corrected chi connectivity index (χ1v) is 8.68. The molecule has 4 heteroatoms. The maximum Gasteiger partial charge on any atom is 0.121 e. The lowest BCUT2D eigenvalue weighted by molar-refractivity contribution is 0.479. The molecule has 2 rings (SSSR count). The Morgan fingerprint density at radius 2 is 2.00 bits per heavy atom. The van der Waals surface area contributed by atoms with Gasteiger partial charge in [0.1, 0.15) is 5.82 Å². The van der Waals surface area contributed by atoms with Gasteiger partial charge in [-0.1, -0.05) is 26.8 Å². The molecule has 0 aliphatic heterocycles. The van der Waals surface area contributed by atoms with Crippen LogP contribution in [0.3, 0.4) is 0 Å². The van der Waals surface area contributed by atoms with E-state index in [1.807, 2.05) is 24.9 Å². The van der Waals surface area contributed by atoms with Gasteiger partial charge in [0.15, 0.2) is 0 Å². The highest BCUT2D eigenvalue weighted by Crippen LogP contribution is 2.36. The van der Waals surface area contributed by atoms with Crippen molar-refractivity contribution in [3.63, 3.8) is 0 Å². The predicted octanol–water partition coefficient (Wildman–Crippen LogP) is 4.54. The molecule has 114 valence electrons. The number of hydrogen-bond acceptors (Lipinski definition) is 3. The van der Waals surface area contributed by atoms with E-state index in [-0.39, 0.29) is 0 Å². The monoisotopic (exact) mass is 303 g/mol. The van der Waals surface area contributed by atoms with Gasteiger partial charge in [-0.25, -0.2) is 0 Å². The molecule has 2 aromatic rings. The van der Waals surface area contributed by atoms with E-state index in [1.54, 1.807) is 4.68 Å². The van der Waals surface area contributed by atoms with Crippen LogP contribution in [0.25, 0.3) is 11.3 Å². The largest absolute Gasteiger partial charge is 0.384 e. The molecule has 1 heterocycles. The van der Waals surface area contributed by atoms with Gasteiger partial charge < -0.3 is 5.73 Å². The third-order valence-corrected chi connectivity index (χ3v) is 4.90. The molecule has 21 heavy (non-hydrogen) atoms. The Bertz CT molecular complexity index is 597. The van der Waals surface area contributed by atoms with E-state index in [4.69, 9.17) is 5.73 Å². The first-order valence-electron chi connectivity index (χ1n) is 7.45. The van der Waals surface area contributed by atoms with Crippen molar-refractivity contribution in [2.45, 2.75) is 38.0 Å². The Kier molecular flexibility index (Phi) is 4.99. The van der Waals surface area contributed by atoms with Crippen molar-refractivity contribution in [3.05, 3.63) is 29.8 Å². The van der Waals surface area contributed by atoms with Crippen LogP contribution < -0.4 is 5.73 Å². The van der Waals surface area contributed by atoms with Crippen molar-refractivity contribution in [2.75, 3.05) is 12.0 Å². The van der Waals surface area contributed by atoms with Crippen LogP contribution in [0, 0.1) is 5.92 Å². The maximum absolute atomic E-state index is 5.90. The van der Waals surface area contributed by atoms with E-state index in [0.717, 1.165) is 17.7 Å². The zero-order valence-corrected chi connectivity index (χ0v) is 14.4. The quantitative estimate of drug-likeness (QED) is 0.825. The van der Waals surface area contributed by atoms with Crippen molar-refractivity contribution < 1.29 is 0 Å². The van der Waals surface area contributed by atoms with E-state index in [1.165, 1.54) is 10.5 Å². The van der Waals surface area contributed by atoms with Crippen molar-refractivity contribution in [1.82, 2.24) is 9.78 Å². The lowest BCUT2D eigenvalue weighted by Crippen LogP contribution is -2.07. The zero-order chi connectivity index (χ0) is 15.6. The van der Waals surface area contributed by atoms with E-state index >= 15 is 0 Å². The number of aromatic nitrogens is 2. The number of aryl methyl sites for hydroxylation is 1. The summed E-state index contributed by atoms with van der Waals surface area (Å²) in [6.07, 6.45) is 3.29. The fourth-order valence-electron chi connectivity index (χ4n) is 2.86. The summed E-state index contributed by atoms with van der Waals surface area (Å²) in [6, 6.07) is 8.59. The molecular formula is C17H25N3S. The Morgan fingerprint density at radius 3 is 2.48 bits per heavy atom. The molecule has 1 aromatic heterocycles. The second-order valence-electron chi connectivity index (χ2n) is 5.79. The molecule has 2 N–H and O–H groups in total. The normalized spacial score (nSPS) is 12.9. The first kappa shape index (κ1) is 16.0. The fraction of sp³-hybridized carbons (Fsp3) is 0.471. The molecule has 0 spiro atoms. The summed E-state index contributed by atoms with van der Waals surface area (Å²) < 4.78 is 1.72. The molecule has 0 aliphatic carbocycles. The number of thioether (sulfide) groups is 1. The summed E-state index contributed by atoms with van der Waals surface area (Å²) in [6.45, 7) is 6.85. The Balaban J connectivity index is 2.51. The summed E-state index contributed by atoms with van der Waals surface area (Å²) >= 11 is 1.82. The number of nitrogen functional groups attached to an aromatic ring is 1. The second-order valence-corrected chi connectivity index (χ2v) is 6.64. The fourth-order valence-corrected chi connectivity index (χ4v) is 3.51. The number of rotatable bonds is 5. The summed E-state index contributed by atoms with van der Waals surface area (Å²) in [4.78, 5) is 1.36. The topological polar surface area (TPSA) is 43.8 Å². The molecule has 0 fully saturated rings. The molecule has 1 unspecified atom stereocenters. The third kappa shape index (κ3) is 3.26. The molecule has 1 atom stereocenters. The van der Waals surface area contributed by atoms with Crippen molar-refractivity contribution >= 4 is 17.6 Å². The highest BCUT2D eigenvalue weighted by atomic mass is 32.2. The van der Waals surface area contributed by atoms with E-state index < -0.39 is 0 Å². The number of nitrogens with two attached hydrogens (primary N) is 1. The molecule has 0 saturated heterocycles. The van der Waals surface area contributed by atoms with Gasteiger partial charge in [0.2, 0.25) is 0 Å². The SMILES string of the molecule is CCC(c1cc(-c2cc(N)n(C)n2)ccc1SC)C(C)C. The van der Waals surface area contributed by atoms with Crippen LogP contribution >= 0.6 is 11.8 Å². The second kappa shape index (κ2) is 6.56. The summed E-state index contributed by atoms with van der Waals surface area (Å²) in [5, 5.41) is 4.49. The minimum absolute atomic E-state index is 0.577. The smallest absolute Gasteiger partial charge is 0.121 e. The van der Waals surface area contributed by atoms with Crippen LogP contribution in [0.1, 0.15) is 38.7 Å². The highest BCUT2D eigenvalue weighted by Gasteiger charge is 2.18. The number of anilines is 1. The van der Waals surface area contributed by atoms with E-state index in [2.05, 4.69) is 50.3 Å². The van der Waals surface area contributed by atoms with Gasteiger partial charge in [0.05, 0.1) is 5.69 Å². The van der Waals surface area contributed by atoms with Gasteiger partial charge in [0.25, 0.3) is 0 Å². The van der Waals surface area contributed by atoms with Gasteiger partial charge in [-0.3, -0.25) is 4.68 Å². The Morgan fingerprint density at radius 1 is 1.29 bits per heavy atom. The lowest BCUT2D eigenvalue weighted by Gasteiger charge is -2.22. The zero-order valence-electron chi connectivity index (χ0n) is 13.6. The van der Waals surface area contributed by atoms with Crippen LogP contribution in [0.4, 0.5) is 5.82 Å². The number of nitrogens with zero attached hydrogens (tertiary/aromatic N) is 2. The number of benzene rings is 1. The Hall–Kier alpha value is -1.42. The molecule has 0 saturated carbocycles. The molecular weight excluding hydrogens is 278 g/mol. The van der Waals surface area contributed by atoms with Crippen LogP contribution in [-0.2, 0) is 7.05 Å². The first-order chi connectivity index (χ1) is 9.97.